The summed E-state index contributed by atoms with van der Waals surface area (Å²) in [5, 5.41) is 3.53. The zero-order chi connectivity index (χ0) is 19.8. The summed E-state index contributed by atoms with van der Waals surface area (Å²) in [6.45, 7) is 2.34. The fourth-order valence-corrected chi connectivity index (χ4v) is 4.15. The van der Waals surface area contributed by atoms with Crippen LogP contribution in [0.15, 0.2) is 72.8 Å². The molecule has 0 spiro atoms. The van der Waals surface area contributed by atoms with E-state index < -0.39 is 0 Å². The summed E-state index contributed by atoms with van der Waals surface area (Å²) in [5.41, 5.74) is 3.67. The van der Waals surface area contributed by atoms with Gasteiger partial charge in [-0.2, -0.15) is 0 Å². The highest BCUT2D eigenvalue weighted by Gasteiger charge is 2.33. The van der Waals surface area contributed by atoms with Crippen LogP contribution < -0.4 is 19.7 Å². The maximum atomic E-state index is 13.8. The van der Waals surface area contributed by atoms with Crippen LogP contribution in [-0.4, -0.2) is 18.7 Å². The molecule has 0 bridgehead atoms. The molecule has 0 aliphatic carbocycles. The van der Waals surface area contributed by atoms with Gasteiger partial charge in [-0.25, -0.2) is 0 Å². The average Bonchev–Trinajstić information content (AvgIpc) is 3.22. The first kappa shape index (κ1) is 17.6. The molecule has 3 aromatic rings. The highest BCUT2D eigenvalue weighted by Crippen LogP contribution is 2.40. The van der Waals surface area contributed by atoms with Crippen LogP contribution in [-0.2, 0) is 0 Å². The Kier molecular flexibility index (Phi) is 4.35. The molecule has 5 heteroatoms. The Morgan fingerprint density at radius 3 is 2.59 bits per heavy atom. The second-order valence-corrected chi connectivity index (χ2v) is 7.46. The van der Waals surface area contributed by atoms with Gasteiger partial charge in [0.15, 0.2) is 11.5 Å². The summed E-state index contributed by atoms with van der Waals surface area (Å²) in [4.78, 5) is 15.7. The number of para-hydroxylation sites is 2. The van der Waals surface area contributed by atoms with Crippen LogP contribution in [0.2, 0.25) is 0 Å². The minimum atomic E-state index is -0.0669. The predicted octanol–water partition coefficient (Wildman–Crippen LogP) is 5.01. The monoisotopic (exact) mass is 386 g/mol. The van der Waals surface area contributed by atoms with E-state index in [9.17, 15) is 4.79 Å². The van der Waals surface area contributed by atoms with Gasteiger partial charge < -0.3 is 19.7 Å². The van der Waals surface area contributed by atoms with Crippen molar-refractivity contribution in [3.63, 3.8) is 0 Å². The lowest BCUT2D eigenvalue weighted by molar-refractivity contribution is 0.0973. The summed E-state index contributed by atoms with van der Waals surface area (Å²) in [7, 11) is 0. The van der Waals surface area contributed by atoms with Crippen molar-refractivity contribution in [3.05, 3.63) is 83.9 Å². The van der Waals surface area contributed by atoms with E-state index >= 15 is 0 Å². The molecule has 1 N–H and O–H groups in total. The van der Waals surface area contributed by atoms with Crippen LogP contribution in [0.5, 0.6) is 11.5 Å². The third-order valence-electron chi connectivity index (χ3n) is 5.48. The molecule has 2 atom stereocenters. The molecule has 0 radical (unpaired) electrons. The first-order chi connectivity index (χ1) is 14.2. The molecule has 0 fully saturated rings. The second kappa shape index (κ2) is 7.17. The van der Waals surface area contributed by atoms with Gasteiger partial charge in [0.1, 0.15) is 0 Å². The molecule has 1 amide bonds. The number of carbonyl (C=O) groups excluding carboxylic acids is 1. The summed E-state index contributed by atoms with van der Waals surface area (Å²) in [6.07, 6.45) is 0.822. The smallest absolute Gasteiger partial charge is 0.258 e. The normalized spacial score (nSPS) is 19.2. The maximum absolute atomic E-state index is 13.8. The van der Waals surface area contributed by atoms with Crippen molar-refractivity contribution >= 4 is 17.3 Å². The number of rotatable bonds is 3. The number of hydrogen-bond donors (Lipinski definition) is 1. The number of hydrogen-bond acceptors (Lipinski definition) is 4. The quantitative estimate of drug-likeness (QED) is 0.688. The number of fused-ring (bicyclic) bond motifs is 2. The van der Waals surface area contributed by atoms with Crippen LogP contribution in [0.3, 0.4) is 0 Å². The predicted molar refractivity (Wildman–Crippen MR) is 113 cm³/mol. The SMILES string of the molecule is C[C@H]1C[C@H](N(C(=O)c2ccc3c(c2)OCO3)c2ccccc2)c2ccccc2N1. The van der Waals surface area contributed by atoms with Gasteiger partial charge in [0, 0.05) is 23.0 Å². The summed E-state index contributed by atoms with van der Waals surface area (Å²) >= 11 is 0. The fraction of sp³-hybridized carbons (Fsp3) is 0.208. The van der Waals surface area contributed by atoms with Crippen molar-refractivity contribution in [2.45, 2.75) is 25.4 Å². The van der Waals surface area contributed by atoms with Crippen LogP contribution in [0.4, 0.5) is 11.4 Å². The van der Waals surface area contributed by atoms with Crippen molar-refractivity contribution in [3.8, 4) is 11.5 Å². The van der Waals surface area contributed by atoms with Gasteiger partial charge in [0.25, 0.3) is 5.91 Å². The number of benzene rings is 3. The molecule has 0 unspecified atom stereocenters. The Labute approximate surface area is 169 Å². The molecular weight excluding hydrogens is 364 g/mol. The molecule has 29 heavy (non-hydrogen) atoms. The van der Waals surface area contributed by atoms with E-state index in [1.165, 1.54) is 0 Å². The molecule has 2 aliphatic rings. The molecule has 3 aromatic carbocycles. The molecule has 0 saturated carbocycles. The van der Waals surface area contributed by atoms with E-state index in [1.807, 2.05) is 53.4 Å². The zero-order valence-electron chi connectivity index (χ0n) is 16.2. The van der Waals surface area contributed by atoms with Crippen molar-refractivity contribution in [1.29, 1.82) is 0 Å². The van der Waals surface area contributed by atoms with Gasteiger partial charge in [-0.05, 0) is 55.3 Å². The first-order valence-electron chi connectivity index (χ1n) is 9.84. The summed E-state index contributed by atoms with van der Waals surface area (Å²) < 4.78 is 10.9. The third kappa shape index (κ3) is 3.18. The molecule has 0 saturated heterocycles. The fourth-order valence-electron chi connectivity index (χ4n) is 4.15. The molecule has 2 aliphatic heterocycles. The van der Waals surface area contributed by atoms with Crippen molar-refractivity contribution < 1.29 is 14.3 Å². The van der Waals surface area contributed by atoms with Crippen LogP contribution in [0.1, 0.15) is 35.3 Å². The number of ether oxygens (including phenoxy) is 2. The Bertz CT molecular complexity index is 1050. The number of anilines is 2. The van der Waals surface area contributed by atoms with Gasteiger partial charge in [0.05, 0.1) is 6.04 Å². The number of carbonyl (C=O) groups is 1. The summed E-state index contributed by atoms with van der Waals surface area (Å²) in [6, 6.07) is 23.7. The van der Waals surface area contributed by atoms with Crippen LogP contribution in [0, 0.1) is 0 Å². The molecule has 0 aromatic heterocycles. The lowest BCUT2D eigenvalue weighted by Crippen LogP contribution is -2.40. The third-order valence-corrected chi connectivity index (χ3v) is 5.48. The molecule has 5 rings (SSSR count). The highest BCUT2D eigenvalue weighted by atomic mass is 16.7. The molecule has 5 nitrogen and oxygen atoms in total. The van der Waals surface area contributed by atoms with Gasteiger partial charge >= 0.3 is 0 Å². The Morgan fingerprint density at radius 2 is 1.72 bits per heavy atom. The van der Waals surface area contributed by atoms with Crippen LogP contribution >= 0.6 is 0 Å². The molecule has 146 valence electrons. The van der Waals surface area contributed by atoms with Crippen LogP contribution in [0.25, 0.3) is 0 Å². The first-order valence-corrected chi connectivity index (χ1v) is 9.84. The van der Waals surface area contributed by atoms with Gasteiger partial charge in [-0.1, -0.05) is 36.4 Å². The summed E-state index contributed by atoms with van der Waals surface area (Å²) in [5.74, 6) is 1.24. The van der Waals surface area contributed by atoms with E-state index in [0.29, 0.717) is 17.1 Å². The van der Waals surface area contributed by atoms with E-state index in [4.69, 9.17) is 9.47 Å². The lowest BCUT2D eigenvalue weighted by Gasteiger charge is -2.39. The van der Waals surface area contributed by atoms with E-state index in [0.717, 1.165) is 23.4 Å². The topological polar surface area (TPSA) is 50.8 Å². The standard InChI is InChI=1S/C24H22N2O3/c1-16-13-21(19-9-5-6-10-20(19)25-16)26(18-7-3-2-4-8-18)24(27)17-11-12-22-23(14-17)29-15-28-22/h2-12,14,16,21,25H,13,15H2,1H3/t16-,21-/m0/s1. The van der Waals surface area contributed by atoms with Crippen molar-refractivity contribution in [1.82, 2.24) is 0 Å². The Hall–Kier alpha value is -3.47. The number of amides is 1. The second-order valence-electron chi connectivity index (χ2n) is 7.46. The maximum Gasteiger partial charge on any atom is 0.258 e. The minimum Gasteiger partial charge on any atom is -0.454 e. The average molecular weight is 386 g/mol. The molecule has 2 heterocycles. The highest BCUT2D eigenvalue weighted by molar-refractivity contribution is 6.07. The van der Waals surface area contributed by atoms with Crippen molar-refractivity contribution in [2.24, 2.45) is 0 Å². The largest absolute Gasteiger partial charge is 0.454 e. The van der Waals surface area contributed by atoms with E-state index in [2.05, 4.69) is 24.4 Å². The number of nitrogens with one attached hydrogen (secondary N) is 1. The Morgan fingerprint density at radius 1 is 0.966 bits per heavy atom. The molecular formula is C24H22N2O3. The lowest BCUT2D eigenvalue weighted by atomic mass is 9.91. The van der Waals surface area contributed by atoms with E-state index in [-0.39, 0.29) is 24.8 Å². The van der Waals surface area contributed by atoms with E-state index in [1.54, 1.807) is 12.1 Å². The zero-order valence-corrected chi connectivity index (χ0v) is 16.2. The van der Waals surface area contributed by atoms with Crippen molar-refractivity contribution in [2.75, 3.05) is 17.0 Å². The Balaban J connectivity index is 1.61. The van der Waals surface area contributed by atoms with Gasteiger partial charge in [-0.3, -0.25) is 4.79 Å². The number of nitrogens with zero attached hydrogens (tertiary/aromatic N) is 1. The van der Waals surface area contributed by atoms with Gasteiger partial charge in [-0.15, -0.1) is 0 Å². The van der Waals surface area contributed by atoms with Gasteiger partial charge in [0.2, 0.25) is 6.79 Å². The minimum absolute atomic E-state index is 0.0524.